The van der Waals surface area contributed by atoms with Gasteiger partial charge in [0.1, 0.15) is 18.0 Å². The number of nitrogens with two attached hydrogens (primary N) is 2. The molecule has 0 amide bonds. The summed E-state index contributed by atoms with van der Waals surface area (Å²) < 4.78 is 57.0. The van der Waals surface area contributed by atoms with Crippen LogP contribution in [0.1, 0.15) is 11.8 Å². The van der Waals surface area contributed by atoms with Crippen molar-refractivity contribution in [3.05, 3.63) is 22.2 Å². The van der Waals surface area contributed by atoms with E-state index < -0.39 is 65.5 Å². The fourth-order valence-electron chi connectivity index (χ4n) is 2.57. The van der Waals surface area contributed by atoms with E-state index in [1.54, 1.807) is 0 Å². The van der Waals surface area contributed by atoms with Gasteiger partial charge in [-0.2, -0.15) is 13.6 Å². The summed E-state index contributed by atoms with van der Waals surface area (Å²) in [4.78, 5) is 51.6. The van der Waals surface area contributed by atoms with E-state index in [1.807, 2.05) is 0 Å². The number of phosphoric ester groups is 1. The predicted molar refractivity (Wildman–Crippen MR) is 109 cm³/mol. The number of nitrogen functional groups attached to an aromatic ring is 1. The molecule has 0 radical (unpaired) electrons. The monoisotopic (exact) mass is 556 g/mol. The molecule has 0 saturated carbocycles. The van der Waals surface area contributed by atoms with Gasteiger partial charge in [0.15, 0.2) is 12.3 Å². The summed E-state index contributed by atoms with van der Waals surface area (Å²) in [6, 6.07) is 0. The third-order valence-electron chi connectivity index (χ3n) is 3.83. The van der Waals surface area contributed by atoms with Crippen LogP contribution in [0, 0.1) is 6.92 Å². The van der Waals surface area contributed by atoms with Crippen LogP contribution in [0.2, 0.25) is 0 Å². The van der Waals surface area contributed by atoms with Gasteiger partial charge in [0, 0.05) is 11.8 Å². The minimum Gasteiger partial charge on any atom is -0.460 e. The number of aromatic nitrogens is 2. The van der Waals surface area contributed by atoms with Crippen molar-refractivity contribution < 1.29 is 61.0 Å². The molecule has 18 nitrogen and oxygen atoms in total. The molecule has 188 valence electrons. The van der Waals surface area contributed by atoms with Crippen molar-refractivity contribution in [1.29, 1.82) is 0 Å². The molecular weight excluding hydrogens is 537 g/mol. The molecule has 2 heterocycles. The van der Waals surface area contributed by atoms with Crippen LogP contribution < -0.4 is 17.2 Å². The van der Waals surface area contributed by atoms with Gasteiger partial charge in [0.25, 0.3) is 5.17 Å². The molecular formula is C11H19N4O14P3S. The maximum atomic E-state index is 12.2. The normalized spacial score (nSPS) is 27.0. The minimum atomic E-state index is -5.75. The zero-order valence-corrected chi connectivity index (χ0v) is 19.8. The van der Waals surface area contributed by atoms with Crippen LogP contribution in [-0.2, 0) is 36.3 Å². The molecule has 9 N–H and O–H groups in total. The lowest BCUT2D eigenvalue weighted by molar-refractivity contribution is -0.0524. The van der Waals surface area contributed by atoms with Crippen molar-refractivity contribution in [2.75, 3.05) is 12.3 Å². The second-order valence-corrected chi connectivity index (χ2v) is 11.2. The van der Waals surface area contributed by atoms with E-state index in [-0.39, 0.29) is 5.82 Å². The van der Waals surface area contributed by atoms with E-state index in [0.717, 1.165) is 4.57 Å². The lowest BCUT2D eigenvalue weighted by atomic mass is 10.1. The Kier molecular flexibility index (Phi) is 8.58. The van der Waals surface area contributed by atoms with Gasteiger partial charge in [0.05, 0.1) is 6.61 Å². The molecule has 2 unspecified atom stereocenters. The predicted octanol–water partition coefficient (Wildman–Crippen LogP) is -1.64. The van der Waals surface area contributed by atoms with Crippen molar-refractivity contribution in [1.82, 2.24) is 9.55 Å². The summed E-state index contributed by atoms with van der Waals surface area (Å²) in [5.41, 5.74) is 10.3. The van der Waals surface area contributed by atoms with Crippen LogP contribution in [-0.4, -0.2) is 64.3 Å². The van der Waals surface area contributed by atoms with Crippen molar-refractivity contribution in [2.24, 2.45) is 5.73 Å². The average molecular weight is 556 g/mol. The Labute approximate surface area is 189 Å². The smallest absolute Gasteiger partial charge is 0.460 e. The van der Waals surface area contributed by atoms with Gasteiger partial charge in [0.2, 0.25) is 0 Å². The number of aliphatic hydroxyl groups is 1. The molecule has 1 saturated heterocycles. The lowest BCUT2D eigenvalue weighted by Crippen LogP contribution is -2.40. The molecule has 0 aliphatic carbocycles. The Morgan fingerprint density at radius 3 is 2.39 bits per heavy atom. The number of ether oxygens (including phenoxy) is 2. The fourth-order valence-corrected chi connectivity index (χ4v) is 5.71. The van der Waals surface area contributed by atoms with Crippen molar-refractivity contribution in [3.8, 4) is 0 Å². The first-order valence-corrected chi connectivity index (χ1v) is 13.3. The number of phosphoric acid groups is 3. The van der Waals surface area contributed by atoms with E-state index >= 15 is 0 Å². The van der Waals surface area contributed by atoms with E-state index in [0.29, 0.717) is 5.56 Å². The summed E-state index contributed by atoms with van der Waals surface area (Å²) in [5.74, 6) is -0.0779. The highest BCUT2D eigenvalue weighted by Gasteiger charge is 2.49. The fraction of sp³-hybridized carbons (Fsp3) is 0.545. The standard InChI is InChI=1S/C11H19N4O14P3S/c1-4-2-15(11(17)14-8(4)12)9-7(27-10(13)33)6(16)5(26-9)3-25-31(21,22)29-32(23,24)28-30(18,19)20/h2,5-7,9,16H,3H2,1H3,(H2,13,33)(H,21,22)(H,23,24)(H2,12,14,17)(H2,18,19,20)/t5-,6-,7-,9-/m1/s1. The summed E-state index contributed by atoms with van der Waals surface area (Å²) >= 11 is 4.63. The highest BCUT2D eigenvalue weighted by Crippen LogP contribution is 2.66. The molecule has 33 heavy (non-hydrogen) atoms. The first kappa shape index (κ1) is 27.9. The summed E-state index contributed by atoms with van der Waals surface area (Å²) in [6.07, 6.45) is -4.89. The SMILES string of the molecule is Cc1cn([C@@H]2O[C@H](COP(=O)(O)OP(=O)(O)OP(=O)(O)O)[C@@H](O)[C@H]2OC(N)=S)c(=O)nc1N. The highest BCUT2D eigenvalue weighted by molar-refractivity contribution is 7.80. The molecule has 22 heteroatoms. The third-order valence-corrected chi connectivity index (χ3v) is 7.73. The Morgan fingerprint density at radius 2 is 1.85 bits per heavy atom. The Hall–Kier alpha value is -1.30. The minimum absolute atomic E-state index is 0.0779. The topological polar surface area (TPSA) is 285 Å². The number of nitrogens with zero attached hydrogens (tertiary/aromatic N) is 2. The zero-order chi connectivity index (χ0) is 25.4. The second kappa shape index (κ2) is 10.1. The molecule has 0 spiro atoms. The number of anilines is 1. The van der Waals surface area contributed by atoms with Gasteiger partial charge in [-0.3, -0.25) is 9.09 Å². The first-order chi connectivity index (χ1) is 14.9. The number of aryl methyl sites for hydroxylation is 1. The van der Waals surface area contributed by atoms with Crippen molar-refractivity contribution in [3.63, 3.8) is 0 Å². The lowest BCUT2D eigenvalue weighted by Gasteiger charge is -2.22. The maximum absolute atomic E-state index is 12.2. The number of aliphatic hydroxyl groups excluding tert-OH is 1. The van der Waals surface area contributed by atoms with Gasteiger partial charge < -0.3 is 45.6 Å². The van der Waals surface area contributed by atoms with Crippen LogP contribution in [0.3, 0.4) is 0 Å². The molecule has 1 aliphatic heterocycles. The Balaban J connectivity index is 2.21. The molecule has 6 atom stereocenters. The zero-order valence-electron chi connectivity index (χ0n) is 16.3. The van der Waals surface area contributed by atoms with Crippen molar-refractivity contribution in [2.45, 2.75) is 31.5 Å². The maximum Gasteiger partial charge on any atom is 0.490 e. The van der Waals surface area contributed by atoms with Crippen LogP contribution in [0.15, 0.2) is 11.0 Å². The summed E-state index contributed by atoms with van der Waals surface area (Å²) in [7, 11) is -16.8. The van der Waals surface area contributed by atoms with E-state index in [2.05, 4.69) is 30.3 Å². The summed E-state index contributed by atoms with van der Waals surface area (Å²) in [5, 5.41) is 9.93. The van der Waals surface area contributed by atoms with Crippen LogP contribution >= 0.6 is 35.7 Å². The Bertz CT molecular complexity index is 1110. The van der Waals surface area contributed by atoms with Crippen LogP contribution in [0.4, 0.5) is 5.82 Å². The quantitative estimate of drug-likeness (QED) is 0.133. The summed E-state index contributed by atoms with van der Waals surface area (Å²) in [6.45, 7) is 0.495. The van der Waals surface area contributed by atoms with Crippen molar-refractivity contribution >= 4 is 46.7 Å². The van der Waals surface area contributed by atoms with Gasteiger partial charge >= 0.3 is 29.2 Å². The number of thiocarbonyl (C=S) groups is 1. The van der Waals surface area contributed by atoms with E-state index in [4.69, 9.17) is 35.6 Å². The molecule has 1 fully saturated rings. The second-order valence-electron chi connectivity index (χ2n) is 6.34. The molecule has 0 bridgehead atoms. The average Bonchev–Trinajstić information content (AvgIpc) is 2.89. The van der Waals surface area contributed by atoms with E-state index in [1.165, 1.54) is 13.1 Å². The first-order valence-electron chi connectivity index (χ1n) is 8.34. The van der Waals surface area contributed by atoms with Gasteiger partial charge in [-0.05, 0) is 19.1 Å². The Morgan fingerprint density at radius 1 is 1.24 bits per heavy atom. The van der Waals surface area contributed by atoms with Gasteiger partial charge in [-0.25, -0.2) is 18.5 Å². The molecule has 1 aromatic heterocycles. The number of hydrogen-bond acceptors (Lipinski definition) is 13. The molecule has 1 aliphatic rings. The highest BCUT2D eigenvalue weighted by atomic mass is 32.1. The van der Waals surface area contributed by atoms with Gasteiger partial charge in [-0.15, -0.1) is 0 Å². The number of rotatable bonds is 9. The van der Waals surface area contributed by atoms with Crippen LogP contribution in [0.25, 0.3) is 0 Å². The third kappa shape index (κ3) is 7.87. The number of hydrogen-bond donors (Lipinski definition) is 7. The van der Waals surface area contributed by atoms with Gasteiger partial charge in [-0.1, -0.05) is 0 Å². The van der Waals surface area contributed by atoms with E-state index in [9.17, 15) is 28.5 Å². The molecule has 0 aromatic carbocycles. The largest absolute Gasteiger partial charge is 0.490 e. The molecule has 2 rings (SSSR count). The molecule has 1 aromatic rings. The van der Waals surface area contributed by atoms with Crippen LogP contribution in [0.5, 0.6) is 0 Å².